The van der Waals surface area contributed by atoms with E-state index in [1.54, 1.807) is 12.1 Å². The lowest BCUT2D eigenvalue weighted by atomic mass is 10.1. The van der Waals surface area contributed by atoms with E-state index in [1.807, 2.05) is 4.90 Å². The van der Waals surface area contributed by atoms with Gasteiger partial charge in [-0.1, -0.05) is 0 Å². The van der Waals surface area contributed by atoms with Crippen molar-refractivity contribution in [1.82, 2.24) is 14.6 Å². The van der Waals surface area contributed by atoms with Crippen molar-refractivity contribution in [2.75, 3.05) is 18.0 Å². The van der Waals surface area contributed by atoms with Gasteiger partial charge >= 0.3 is 5.56 Å². The molecule has 29 heavy (non-hydrogen) atoms. The predicted octanol–water partition coefficient (Wildman–Crippen LogP) is 2.57. The molecule has 1 saturated heterocycles. The van der Waals surface area contributed by atoms with E-state index in [-0.39, 0.29) is 11.7 Å². The minimum absolute atomic E-state index is 0.0875. The van der Waals surface area contributed by atoms with Crippen LogP contribution in [0.5, 0.6) is 0 Å². The molecule has 1 aliphatic heterocycles. The lowest BCUT2D eigenvalue weighted by molar-refractivity contribution is 0.495. The number of benzene rings is 1. The zero-order valence-corrected chi connectivity index (χ0v) is 15.6. The van der Waals surface area contributed by atoms with Crippen LogP contribution in [-0.2, 0) is 0 Å². The number of fused-ring (bicyclic) bond motifs is 1. The molecule has 6 nitrogen and oxygen atoms in total. The molecule has 0 saturated carbocycles. The highest BCUT2D eigenvalue weighted by atomic mass is 19.2. The lowest BCUT2D eigenvalue weighted by Gasteiger charge is -2.31. The molecule has 10 heteroatoms. The number of nitrogens with zero attached hydrogens (tertiary/aromatic N) is 4. The fourth-order valence-corrected chi connectivity index (χ4v) is 2.97. The van der Waals surface area contributed by atoms with Crippen LogP contribution in [0.15, 0.2) is 35.1 Å². The first-order valence-corrected chi connectivity index (χ1v) is 8.93. The van der Waals surface area contributed by atoms with E-state index in [0.29, 0.717) is 24.1 Å². The van der Waals surface area contributed by atoms with Crippen molar-refractivity contribution in [3.8, 4) is 0 Å². The van der Waals surface area contributed by atoms with Gasteiger partial charge in [0.2, 0.25) is 5.82 Å². The van der Waals surface area contributed by atoms with Gasteiger partial charge in [-0.25, -0.2) is 18.2 Å². The van der Waals surface area contributed by atoms with E-state index in [2.05, 4.69) is 10.1 Å². The van der Waals surface area contributed by atoms with Crippen LogP contribution in [0.4, 0.5) is 23.4 Å². The molecule has 3 aromatic rings. The van der Waals surface area contributed by atoms with Gasteiger partial charge in [0, 0.05) is 25.2 Å². The van der Waals surface area contributed by atoms with Crippen LogP contribution in [0.3, 0.4) is 0 Å². The predicted molar refractivity (Wildman–Crippen MR) is 99.7 cm³/mol. The Hall–Kier alpha value is -3.01. The molecule has 0 spiro atoms. The highest BCUT2D eigenvalue weighted by molar-refractivity contribution is 5.46. The first kappa shape index (κ1) is 20.7. The second-order valence-electron chi connectivity index (χ2n) is 6.68. The van der Waals surface area contributed by atoms with Crippen LogP contribution in [-0.4, -0.2) is 33.7 Å². The van der Waals surface area contributed by atoms with Crippen LogP contribution in [0.25, 0.3) is 5.65 Å². The Morgan fingerprint density at radius 1 is 1.10 bits per heavy atom. The molecule has 0 bridgehead atoms. The molecule has 4 rings (SSSR count). The summed E-state index contributed by atoms with van der Waals surface area (Å²) in [5.74, 6) is -3.19. The van der Waals surface area contributed by atoms with Crippen LogP contribution in [0.2, 0.25) is 0 Å². The number of anilines is 1. The minimum atomic E-state index is -1.16. The Balaban J connectivity index is 0.000000224. The Kier molecular flexibility index (Phi) is 6.12. The average Bonchev–Trinajstić information content (AvgIpc) is 2.70. The van der Waals surface area contributed by atoms with Crippen LogP contribution < -0.4 is 16.2 Å². The third-order valence-corrected chi connectivity index (χ3v) is 4.44. The third-order valence-electron chi connectivity index (χ3n) is 4.44. The Bertz CT molecular complexity index is 1090. The molecule has 1 atom stereocenters. The molecular weight excluding hydrogens is 390 g/mol. The molecule has 3 heterocycles. The van der Waals surface area contributed by atoms with E-state index >= 15 is 0 Å². The maximum atomic E-state index is 13.6. The van der Waals surface area contributed by atoms with Crippen molar-refractivity contribution in [3.05, 3.63) is 69.6 Å². The van der Waals surface area contributed by atoms with Crippen LogP contribution in [0.1, 0.15) is 18.5 Å². The highest BCUT2D eigenvalue weighted by Crippen LogP contribution is 2.17. The number of aromatic nitrogens is 3. The van der Waals surface area contributed by atoms with Crippen LogP contribution >= 0.6 is 0 Å². The van der Waals surface area contributed by atoms with Crippen LogP contribution in [0, 0.1) is 30.2 Å². The van der Waals surface area contributed by atoms with Gasteiger partial charge in [0.25, 0.3) is 0 Å². The maximum absolute atomic E-state index is 13.6. The summed E-state index contributed by atoms with van der Waals surface area (Å²) in [5.41, 5.74) is 5.60. The SMILES string of the molecule is Cc1nc2ccc(N3CCC[C@@H](N)C3)nn2c(=O)c1F.Fc1ccc(F)c(F)c1. The Labute approximate surface area is 163 Å². The molecule has 0 radical (unpaired) electrons. The van der Waals surface area contributed by atoms with Crippen molar-refractivity contribution in [2.45, 2.75) is 25.8 Å². The average molecular weight is 409 g/mol. The molecule has 2 N–H and O–H groups in total. The number of rotatable bonds is 1. The normalized spacial score (nSPS) is 16.5. The first-order valence-electron chi connectivity index (χ1n) is 8.93. The fourth-order valence-electron chi connectivity index (χ4n) is 2.97. The summed E-state index contributed by atoms with van der Waals surface area (Å²) in [4.78, 5) is 17.9. The lowest BCUT2D eigenvalue weighted by Crippen LogP contribution is -2.43. The fraction of sp³-hybridized carbons (Fsp3) is 0.316. The number of nitrogens with two attached hydrogens (primary N) is 1. The zero-order chi connectivity index (χ0) is 21.1. The van der Waals surface area contributed by atoms with Gasteiger partial charge in [-0.15, -0.1) is 5.10 Å². The van der Waals surface area contributed by atoms with Crippen molar-refractivity contribution in [3.63, 3.8) is 0 Å². The van der Waals surface area contributed by atoms with Gasteiger partial charge in [-0.2, -0.15) is 8.91 Å². The molecule has 0 aliphatic carbocycles. The smallest absolute Gasteiger partial charge is 0.310 e. The van der Waals surface area contributed by atoms with Gasteiger partial charge in [-0.3, -0.25) is 4.79 Å². The summed E-state index contributed by atoms with van der Waals surface area (Å²) in [6.45, 7) is 2.99. The summed E-state index contributed by atoms with van der Waals surface area (Å²) in [7, 11) is 0. The van der Waals surface area contributed by atoms with Crippen molar-refractivity contribution in [2.24, 2.45) is 5.73 Å². The zero-order valence-electron chi connectivity index (χ0n) is 15.6. The molecule has 154 valence electrons. The quantitative estimate of drug-likeness (QED) is 0.494. The Morgan fingerprint density at radius 3 is 2.52 bits per heavy atom. The van der Waals surface area contributed by atoms with E-state index < -0.39 is 28.8 Å². The molecule has 0 amide bonds. The summed E-state index contributed by atoms with van der Waals surface area (Å²) >= 11 is 0. The largest absolute Gasteiger partial charge is 0.354 e. The van der Waals surface area contributed by atoms with E-state index in [0.717, 1.165) is 36.0 Å². The summed E-state index contributed by atoms with van der Waals surface area (Å²) in [5, 5.41) is 4.21. The summed E-state index contributed by atoms with van der Waals surface area (Å²) < 4.78 is 50.5. The summed E-state index contributed by atoms with van der Waals surface area (Å²) in [6.07, 6.45) is 1.97. The second-order valence-corrected chi connectivity index (χ2v) is 6.68. The van der Waals surface area contributed by atoms with Crippen molar-refractivity contribution >= 4 is 11.5 Å². The number of aryl methyl sites for hydroxylation is 1. The highest BCUT2D eigenvalue weighted by Gasteiger charge is 2.19. The van der Waals surface area contributed by atoms with Gasteiger partial charge in [0.05, 0.1) is 5.69 Å². The van der Waals surface area contributed by atoms with Gasteiger partial charge in [0.1, 0.15) is 11.6 Å². The van der Waals surface area contributed by atoms with Crippen molar-refractivity contribution < 1.29 is 17.6 Å². The molecule has 1 aromatic carbocycles. The molecular formula is C19H19F4N5O. The molecule has 1 aliphatic rings. The monoisotopic (exact) mass is 409 g/mol. The van der Waals surface area contributed by atoms with Crippen molar-refractivity contribution in [1.29, 1.82) is 0 Å². The standard InChI is InChI=1S/C13H16FN5O.C6H3F3/c1-8-12(14)13(20)19-10(16-8)4-5-11(17-19)18-6-2-3-9(15)7-18;7-4-1-2-5(8)6(9)3-4/h4-5,9H,2-3,6-7,15H2,1H3;1-3H/t9-;/m1./s1. The van der Waals surface area contributed by atoms with Gasteiger partial charge in [0.15, 0.2) is 17.3 Å². The van der Waals surface area contributed by atoms with Gasteiger partial charge in [-0.05, 0) is 44.0 Å². The Morgan fingerprint density at radius 2 is 1.86 bits per heavy atom. The number of piperidine rings is 1. The second kappa shape index (κ2) is 8.56. The summed E-state index contributed by atoms with van der Waals surface area (Å²) in [6, 6.07) is 5.66. The molecule has 2 aromatic heterocycles. The minimum Gasteiger partial charge on any atom is -0.354 e. The van der Waals surface area contributed by atoms with Gasteiger partial charge < -0.3 is 10.6 Å². The third kappa shape index (κ3) is 4.70. The van der Waals surface area contributed by atoms with E-state index in [1.165, 1.54) is 6.92 Å². The topological polar surface area (TPSA) is 76.5 Å². The first-order chi connectivity index (χ1) is 13.8. The molecule has 1 fully saturated rings. The maximum Gasteiger partial charge on any atom is 0.310 e. The molecule has 0 unspecified atom stereocenters. The number of hydrogen-bond donors (Lipinski definition) is 1. The number of halogens is 4. The van der Waals surface area contributed by atoms with E-state index in [9.17, 15) is 22.4 Å². The number of hydrogen-bond acceptors (Lipinski definition) is 5. The van der Waals surface area contributed by atoms with E-state index in [4.69, 9.17) is 5.73 Å².